The van der Waals surface area contributed by atoms with E-state index < -0.39 is 36.2 Å². The van der Waals surface area contributed by atoms with E-state index >= 15 is 0 Å². The molecule has 0 saturated carbocycles. The number of halogens is 5. The zero-order valence-corrected chi connectivity index (χ0v) is 9.44. The van der Waals surface area contributed by atoms with E-state index in [4.69, 9.17) is 4.74 Å². The van der Waals surface area contributed by atoms with Crippen LogP contribution in [0.5, 0.6) is 0 Å². The first-order valence-corrected chi connectivity index (χ1v) is 4.94. The number of rotatable bonds is 1. The minimum Gasteiger partial charge on any atom is -0.354 e. The molecule has 1 aliphatic rings. The summed E-state index contributed by atoms with van der Waals surface area (Å²) < 4.78 is 73.8. The van der Waals surface area contributed by atoms with Crippen molar-refractivity contribution in [2.75, 3.05) is 0 Å². The summed E-state index contributed by atoms with van der Waals surface area (Å²) in [7, 11) is 0. The third-order valence-electron chi connectivity index (χ3n) is 2.91. The Labute approximate surface area is 94.5 Å². The number of alkyl halides is 5. The van der Waals surface area contributed by atoms with Gasteiger partial charge in [-0.2, -0.15) is 22.0 Å². The Morgan fingerprint density at radius 2 is 1.71 bits per heavy atom. The SMILES string of the molecule is CCC1(C)OC(C)OC(O)(C(F)(F)F)C1(F)F. The van der Waals surface area contributed by atoms with Crippen molar-refractivity contribution in [2.24, 2.45) is 0 Å². The fraction of sp³-hybridized carbons (Fsp3) is 1.00. The molecular weight excluding hydrogens is 251 g/mol. The van der Waals surface area contributed by atoms with Crippen LogP contribution in [0.25, 0.3) is 0 Å². The van der Waals surface area contributed by atoms with Crippen LogP contribution in [-0.2, 0) is 9.47 Å². The smallest absolute Gasteiger partial charge is 0.354 e. The monoisotopic (exact) mass is 264 g/mol. The van der Waals surface area contributed by atoms with Gasteiger partial charge in [-0.25, -0.2) is 0 Å². The first-order valence-electron chi connectivity index (χ1n) is 4.94. The molecule has 0 amide bonds. The topological polar surface area (TPSA) is 38.7 Å². The largest absolute Gasteiger partial charge is 0.449 e. The van der Waals surface area contributed by atoms with E-state index in [1.54, 1.807) is 0 Å². The maximum absolute atomic E-state index is 13.8. The van der Waals surface area contributed by atoms with Crippen LogP contribution >= 0.6 is 0 Å². The number of ether oxygens (including phenoxy) is 2. The molecule has 1 aliphatic heterocycles. The van der Waals surface area contributed by atoms with Crippen molar-refractivity contribution in [3.8, 4) is 0 Å². The van der Waals surface area contributed by atoms with Crippen LogP contribution in [0.2, 0.25) is 0 Å². The van der Waals surface area contributed by atoms with Gasteiger partial charge in [0.15, 0.2) is 6.29 Å². The lowest BCUT2D eigenvalue weighted by Crippen LogP contribution is -2.74. The molecule has 17 heavy (non-hydrogen) atoms. The van der Waals surface area contributed by atoms with E-state index in [9.17, 15) is 27.1 Å². The van der Waals surface area contributed by atoms with Crippen LogP contribution in [0.4, 0.5) is 22.0 Å². The van der Waals surface area contributed by atoms with Gasteiger partial charge in [-0.15, -0.1) is 0 Å². The van der Waals surface area contributed by atoms with E-state index in [0.717, 1.165) is 13.8 Å². The first kappa shape index (κ1) is 14.6. The quantitative estimate of drug-likeness (QED) is 0.739. The minimum atomic E-state index is -5.62. The molecule has 1 rings (SSSR count). The molecule has 1 fully saturated rings. The van der Waals surface area contributed by atoms with Gasteiger partial charge < -0.3 is 14.6 Å². The van der Waals surface area contributed by atoms with Crippen molar-refractivity contribution < 1.29 is 36.5 Å². The van der Waals surface area contributed by atoms with E-state index in [1.165, 1.54) is 6.92 Å². The van der Waals surface area contributed by atoms with Gasteiger partial charge in [0.1, 0.15) is 5.60 Å². The molecule has 0 bridgehead atoms. The third-order valence-corrected chi connectivity index (χ3v) is 2.91. The zero-order valence-electron chi connectivity index (χ0n) is 9.44. The van der Waals surface area contributed by atoms with Crippen molar-refractivity contribution in [2.45, 2.75) is 57.0 Å². The summed E-state index contributed by atoms with van der Waals surface area (Å²) >= 11 is 0. The van der Waals surface area contributed by atoms with Gasteiger partial charge in [-0.3, -0.25) is 0 Å². The van der Waals surface area contributed by atoms with Gasteiger partial charge in [-0.05, 0) is 20.3 Å². The lowest BCUT2D eigenvalue weighted by molar-refractivity contribution is -0.517. The molecule has 1 heterocycles. The van der Waals surface area contributed by atoms with E-state index in [0.29, 0.717) is 0 Å². The van der Waals surface area contributed by atoms with Crippen molar-refractivity contribution in [1.29, 1.82) is 0 Å². The molecule has 1 saturated heterocycles. The zero-order chi connectivity index (χ0) is 13.7. The maximum Gasteiger partial charge on any atom is 0.449 e. The first-order chi connectivity index (χ1) is 7.41. The van der Waals surface area contributed by atoms with E-state index in [-0.39, 0.29) is 0 Å². The average Bonchev–Trinajstić information content (AvgIpc) is 2.13. The lowest BCUT2D eigenvalue weighted by atomic mass is 9.86. The Hall–Kier alpha value is -0.470. The summed E-state index contributed by atoms with van der Waals surface area (Å²) in [6.45, 7) is 3.06. The molecule has 102 valence electrons. The van der Waals surface area contributed by atoms with Crippen LogP contribution in [0.3, 0.4) is 0 Å². The van der Waals surface area contributed by atoms with Crippen molar-refractivity contribution in [3.63, 3.8) is 0 Å². The van der Waals surface area contributed by atoms with Gasteiger partial charge in [-0.1, -0.05) is 6.92 Å². The van der Waals surface area contributed by atoms with Crippen LogP contribution in [0.1, 0.15) is 27.2 Å². The summed E-state index contributed by atoms with van der Waals surface area (Å²) in [6.07, 6.45) is -7.62. The van der Waals surface area contributed by atoms with Gasteiger partial charge >= 0.3 is 17.9 Å². The minimum absolute atomic E-state index is 0.411. The fourth-order valence-electron chi connectivity index (χ4n) is 1.69. The van der Waals surface area contributed by atoms with Crippen LogP contribution in [0, 0.1) is 0 Å². The molecule has 0 aromatic carbocycles. The van der Waals surface area contributed by atoms with Gasteiger partial charge in [0, 0.05) is 0 Å². The second-order valence-electron chi connectivity index (χ2n) is 4.10. The molecule has 0 aromatic rings. The molecule has 0 radical (unpaired) electrons. The van der Waals surface area contributed by atoms with Crippen LogP contribution in [0.15, 0.2) is 0 Å². The van der Waals surface area contributed by atoms with Gasteiger partial charge in [0.05, 0.1) is 0 Å². The molecular formula is C9H13F5O3. The third kappa shape index (κ3) is 1.82. The highest BCUT2D eigenvalue weighted by molar-refractivity contribution is 5.06. The maximum atomic E-state index is 13.8. The standard InChI is InChI=1S/C9H13F5O3/c1-4-6(3)7(10,11)8(15,9(12,13)14)17-5(2)16-6/h5,15H,4H2,1-3H3. The number of aliphatic hydroxyl groups is 1. The Morgan fingerprint density at radius 1 is 1.24 bits per heavy atom. The molecule has 3 unspecified atom stereocenters. The average molecular weight is 264 g/mol. The second kappa shape index (κ2) is 3.76. The highest BCUT2D eigenvalue weighted by Gasteiger charge is 2.79. The molecule has 3 nitrogen and oxygen atoms in total. The predicted molar refractivity (Wildman–Crippen MR) is 46.3 cm³/mol. The Balaban J connectivity index is 3.31. The van der Waals surface area contributed by atoms with Gasteiger partial charge in [0.2, 0.25) is 0 Å². The molecule has 0 aliphatic carbocycles. The summed E-state index contributed by atoms with van der Waals surface area (Å²) in [5, 5.41) is 9.20. The molecule has 3 atom stereocenters. The van der Waals surface area contributed by atoms with E-state index in [2.05, 4.69) is 4.74 Å². The van der Waals surface area contributed by atoms with Crippen molar-refractivity contribution in [3.05, 3.63) is 0 Å². The summed E-state index contributed by atoms with van der Waals surface area (Å²) in [5.74, 6) is -9.15. The number of hydrogen-bond donors (Lipinski definition) is 1. The van der Waals surface area contributed by atoms with Crippen LogP contribution < -0.4 is 0 Å². The molecule has 0 aromatic heterocycles. The highest BCUT2D eigenvalue weighted by atomic mass is 19.4. The number of hydrogen-bond acceptors (Lipinski definition) is 3. The fourth-order valence-corrected chi connectivity index (χ4v) is 1.69. The van der Waals surface area contributed by atoms with Crippen LogP contribution in [-0.4, -0.2) is 34.9 Å². The molecule has 8 heteroatoms. The second-order valence-corrected chi connectivity index (χ2v) is 4.10. The van der Waals surface area contributed by atoms with Crippen molar-refractivity contribution >= 4 is 0 Å². The van der Waals surface area contributed by atoms with E-state index in [1.807, 2.05) is 0 Å². The lowest BCUT2D eigenvalue weighted by Gasteiger charge is -2.51. The Bertz CT molecular complexity index is 305. The van der Waals surface area contributed by atoms with Crippen molar-refractivity contribution in [1.82, 2.24) is 0 Å². The van der Waals surface area contributed by atoms with Gasteiger partial charge in [0.25, 0.3) is 0 Å². The molecule has 1 N–H and O–H groups in total. The molecule has 0 spiro atoms. The Morgan fingerprint density at radius 3 is 2.06 bits per heavy atom. The Kier molecular flexibility index (Phi) is 3.23. The summed E-state index contributed by atoms with van der Waals surface area (Å²) in [6, 6.07) is 0. The highest BCUT2D eigenvalue weighted by Crippen LogP contribution is 2.54. The summed E-state index contributed by atoms with van der Waals surface area (Å²) in [5.41, 5.74) is -2.45. The predicted octanol–water partition coefficient (Wildman–Crippen LogP) is 2.43. The summed E-state index contributed by atoms with van der Waals surface area (Å²) in [4.78, 5) is 0. The normalized spacial score (nSPS) is 42.5.